The number of nitrogens with two attached hydrogens (primary N) is 1. The normalized spacial score (nSPS) is 10.1. The van der Waals surface area contributed by atoms with E-state index < -0.39 is 4.92 Å². The van der Waals surface area contributed by atoms with Gasteiger partial charge in [-0.3, -0.25) is 10.1 Å². The summed E-state index contributed by atoms with van der Waals surface area (Å²) in [6.45, 7) is 6.21. The number of hydrogen-bond acceptors (Lipinski definition) is 4. The van der Waals surface area contributed by atoms with Crippen molar-refractivity contribution in [2.75, 3.05) is 23.5 Å². The van der Waals surface area contributed by atoms with E-state index in [2.05, 4.69) is 11.9 Å². The number of anilines is 2. The van der Waals surface area contributed by atoms with E-state index in [9.17, 15) is 10.1 Å². The maximum atomic E-state index is 11.0. The van der Waals surface area contributed by atoms with Gasteiger partial charge in [-0.2, -0.15) is 0 Å². The number of nitro groups is 1. The minimum Gasteiger partial charge on any atom is -0.397 e. The molecule has 0 saturated heterocycles. The fraction of sp³-hybridized carbons (Fsp3) is 0.333. The van der Waals surface area contributed by atoms with Gasteiger partial charge in [0.15, 0.2) is 0 Å². The van der Waals surface area contributed by atoms with Crippen LogP contribution in [0.2, 0.25) is 0 Å². The number of nitrogens with one attached hydrogen (secondary N) is 1. The van der Waals surface area contributed by atoms with Gasteiger partial charge in [0.25, 0.3) is 5.69 Å². The quantitative estimate of drug-likeness (QED) is 0.359. The Hall–Kier alpha value is -1.75. The lowest BCUT2D eigenvalue weighted by Gasteiger charge is -2.11. The molecule has 0 aliphatic heterocycles. The summed E-state index contributed by atoms with van der Waals surface area (Å²) in [6.07, 6.45) is 0.713. The lowest BCUT2D eigenvalue weighted by atomic mass is 10.0. The molecule has 0 radical (unpaired) electrons. The Kier molecular flexibility index (Phi) is 4.97. The van der Waals surface area contributed by atoms with E-state index in [1.54, 1.807) is 6.07 Å². The van der Waals surface area contributed by atoms with Crippen molar-refractivity contribution in [2.24, 2.45) is 0 Å². The standard InChI is InChI=1S/C12H16ClN3O2/c1-3-8(2)9-6-10(14)12(15-5-4-13)11(7-9)16(17)18/h6-7,15H,2-5,14H2,1H3. The highest BCUT2D eigenvalue weighted by Gasteiger charge is 2.18. The lowest BCUT2D eigenvalue weighted by Crippen LogP contribution is -2.08. The SMILES string of the molecule is C=C(CC)c1cc(N)c(NCCCl)c([N+](=O)[O-])c1. The Balaban J connectivity index is 3.26. The van der Waals surface area contributed by atoms with Gasteiger partial charge in [-0.1, -0.05) is 13.5 Å². The average Bonchev–Trinajstić information content (AvgIpc) is 2.35. The zero-order valence-electron chi connectivity index (χ0n) is 10.2. The first kappa shape index (κ1) is 14.3. The fourth-order valence-corrected chi connectivity index (χ4v) is 1.66. The monoisotopic (exact) mass is 269 g/mol. The molecule has 6 heteroatoms. The van der Waals surface area contributed by atoms with Gasteiger partial charge in [0.2, 0.25) is 0 Å². The van der Waals surface area contributed by atoms with E-state index in [1.807, 2.05) is 6.92 Å². The number of allylic oxidation sites excluding steroid dienone is 1. The van der Waals surface area contributed by atoms with Crippen LogP contribution < -0.4 is 11.1 Å². The molecule has 1 aromatic carbocycles. The van der Waals surface area contributed by atoms with Crippen molar-refractivity contribution in [1.82, 2.24) is 0 Å². The predicted molar refractivity (Wildman–Crippen MR) is 76.0 cm³/mol. The summed E-state index contributed by atoms with van der Waals surface area (Å²) in [4.78, 5) is 10.6. The summed E-state index contributed by atoms with van der Waals surface area (Å²) in [5.74, 6) is 0.347. The van der Waals surface area contributed by atoms with E-state index in [0.717, 1.165) is 5.57 Å². The van der Waals surface area contributed by atoms with Crippen LogP contribution in [-0.4, -0.2) is 17.3 Å². The zero-order chi connectivity index (χ0) is 13.7. The molecule has 0 aliphatic rings. The minimum absolute atomic E-state index is 0.0512. The first-order chi connectivity index (χ1) is 8.51. The third kappa shape index (κ3) is 3.13. The summed E-state index contributed by atoms with van der Waals surface area (Å²) in [6, 6.07) is 3.17. The minimum atomic E-state index is -0.459. The van der Waals surface area contributed by atoms with Crippen LogP contribution in [0, 0.1) is 10.1 Å². The highest BCUT2D eigenvalue weighted by molar-refractivity contribution is 6.18. The Labute approximate surface area is 111 Å². The molecule has 3 N–H and O–H groups in total. The van der Waals surface area contributed by atoms with Crippen molar-refractivity contribution < 1.29 is 4.92 Å². The predicted octanol–water partition coefficient (Wildman–Crippen LogP) is 3.25. The van der Waals surface area contributed by atoms with Crippen LogP contribution in [0.1, 0.15) is 18.9 Å². The number of hydrogen-bond donors (Lipinski definition) is 2. The van der Waals surface area contributed by atoms with E-state index in [1.165, 1.54) is 6.07 Å². The Morgan fingerprint density at radius 3 is 2.78 bits per heavy atom. The van der Waals surface area contributed by atoms with Crippen molar-refractivity contribution in [2.45, 2.75) is 13.3 Å². The van der Waals surface area contributed by atoms with Crippen molar-refractivity contribution in [3.05, 3.63) is 34.4 Å². The topological polar surface area (TPSA) is 81.2 Å². The van der Waals surface area contributed by atoms with Gasteiger partial charge < -0.3 is 11.1 Å². The third-order valence-corrected chi connectivity index (χ3v) is 2.77. The number of nitro benzene ring substituents is 1. The summed E-state index contributed by atoms with van der Waals surface area (Å²) in [5, 5.41) is 13.9. The molecule has 5 nitrogen and oxygen atoms in total. The van der Waals surface area contributed by atoms with Gasteiger partial charge in [-0.15, -0.1) is 11.6 Å². The molecule has 0 bridgehead atoms. The van der Waals surface area contributed by atoms with Crippen LogP contribution in [0.4, 0.5) is 17.1 Å². The van der Waals surface area contributed by atoms with Gasteiger partial charge in [0.1, 0.15) is 5.69 Å². The molecule has 0 amide bonds. The van der Waals surface area contributed by atoms with Gasteiger partial charge >= 0.3 is 0 Å². The average molecular weight is 270 g/mol. The second-order valence-electron chi connectivity index (χ2n) is 3.79. The fourth-order valence-electron chi connectivity index (χ4n) is 1.57. The molecule has 0 aliphatic carbocycles. The van der Waals surface area contributed by atoms with Gasteiger partial charge in [-0.25, -0.2) is 0 Å². The largest absolute Gasteiger partial charge is 0.397 e. The number of rotatable bonds is 6. The highest BCUT2D eigenvalue weighted by Crippen LogP contribution is 2.34. The smallest absolute Gasteiger partial charge is 0.295 e. The molecule has 98 valence electrons. The van der Waals surface area contributed by atoms with E-state index in [4.69, 9.17) is 17.3 Å². The van der Waals surface area contributed by atoms with Crippen molar-refractivity contribution in [3.63, 3.8) is 0 Å². The number of benzene rings is 1. The third-order valence-electron chi connectivity index (χ3n) is 2.58. The highest BCUT2D eigenvalue weighted by atomic mass is 35.5. The second-order valence-corrected chi connectivity index (χ2v) is 4.17. The molecule has 0 atom stereocenters. The van der Waals surface area contributed by atoms with Crippen molar-refractivity contribution in [1.29, 1.82) is 0 Å². The molecule has 18 heavy (non-hydrogen) atoms. The second kappa shape index (κ2) is 6.26. The first-order valence-electron chi connectivity index (χ1n) is 5.57. The Bertz CT molecular complexity index is 475. The van der Waals surface area contributed by atoms with Gasteiger partial charge in [0, 0.05) is 18.5 Å². The Morgan fingerprint density at radius 2 is 2.28 bits per heavy atom. The molecule has 0 aromatic heterocycles. The van der Waals surface area contributed by atoms with Crippen molar-refractivity contribution >= 4 is 34.2 Å². The molecule has 0 spiro atoms. The summed E-state index contributed by atoms with van der Waals surface area (Å²) in [7, 11) is 0. The molecule has 0 saturated carbocycles. The maximum Gasteiger partial charge on any atom is 0.295 e. The number of nitrogens with zero attached hydrogens (tertiary/aromatic N) is 1. The van der Waals surface area contributed by atoms with E-state index in [0.29, 0.717) is 35.8 Å². The number of halogens is 1. The van der Waals surface area contributed by atoms with Crippen LogP contribution >= 0.6 is 11.6 Å². The summed E-state index contributed by atoms with van der Waals surface area (Å²) >= 11 is 5.55. The molecule has 0 unspecified atom stereocenters. The maximum absolute atomic E-state index is 11.0. The summed E-state index contributed by atoms with van der Waals surface area (Å²) in [5.41, 5.74) is 7.94. The molecule has 0 heterocycles. The molecule has 1 rings (SSSR count). The van der Waals surface area contributed by atoms with Crippen LogP contribution in [0.25, 0.3) is 5.57 Å². The van der Waals surface area contributed by atoms with Crippen LogP contribution in [0.3, 0.4) is 0 Å². The Morgan fingerprint density at radius 1 is 1.61 bits per heavy atom. The number of alkyl halides is 1. The zero-order valence-corrected chi connectivity index (χ0v) is 11.0. The van der Waals surface area contributed by atoms with Gasteiger partial charge in [0.05, 0.1) is 10.6 Å². The van der Waals surface area contributed by atoms with E-state index >= 15 is 0 Å². The van der Waals surface area contributed by atoms with Crippen LogP contribution in [-0.2, 0) is 0 Å². The summed E-state index contributed by atoms with van der Waals surface area (Å²) < 4.78 is 0. The van der Waals surface area contributed by atoms with Crippen molar-refractivity contribution in [3.8, 4) is 0 Å². The molecular formula is C12H16ClN3O2. The molecule has 1 aromatic rings. The van der Waals surface area contributed by atoms with E-state index in [-0.39, 0.29) is 5.69 Å². The first-order valence-corrected chi connectivity index (χ1v) is 6.10. The van der Waals surface area contributed by atoms with Crippen LogP contribution in [0.15, 0.2) is 18.7 Å². The molecular weight excluding hydrogens is 254 g/mol. The van der Waals surface area contributed by atoms with Gasteiger partial charge in [-0.05, 0) is 23.6 Å². The molecule has 0 fully saturated rings. The number of nitrogen functional groups attached to an aromatic ring is 1. The lowest BCUT2D eigenvalue weighted by molar-refractivity contribution is -0.383. The van der Waals surface area contributed by atoms with Crippen LogP contribution in [0.5, 0.6) is 0 Å².